The number of piperazine rings is 1. The maximum absolute atomic E-state index is 6.22. The summed E-state index contributed by atoms with van der Waals surface area (Å²) in [5.41, 5.74) is 1.38. The quantitative estimate of drug-likeness (QED) is 0.573. The Labute approximate surface area is 176 Å². The van der Waals surface area contributed by atoms with Gasteiger partial charge in [0.15, 0.2) is 5.16 Å². The van der Waals surface area contributed by atoms with Gasteiger partial charge in [0.25, 0.3) is 0 Å². The zero-order valence-corrected chi connectivity index (χ0v) is 19.3. The zero-order chi connectivity index (χ0) is 19.7. The van der Waals surface area contributed by atoms with E-state index in [0.29, 0.717) is 6.61 Å². The third-order valence-corrected chi connectivity index (χ3v) is 8.40. The maximum Gasteiger partial charge on any atom is 0.190 e. The fourth-order valence-electron chi connectivity index (χ4n) is 4.14. The van der Waals surface area contributed by atoms with Crippen molar-refractivity contribution in [3.05, 3.63) is 10.4 Å². The van der Waals surface area contributed by atoms with Crippen LogP contribution in [-0.4, -0.2) is 54.0 Å². The third kappa shape index (κ3) is 3.91. The summed E-state index contributed by atoms with van der Waals surface area (Å²) in [7, 11) is 0. The number of quaternary nitrogens is 1. The van der Waals surface area contributed by atoms with Gasteiger partial charge in [0, 0.05) is 17.1 Å². The highest BCUT2D eigenvalue weighted by Gasteiger charge is 2.34. The Kier molecular flexibility index (Phi) is 6.16. The van der Waals surface area contributed by atoms with Crippen LogP contribution in [0.4, 0.5) is 5.82 Å². The van der Waals surface area contributed by atoms with E-state index in [4.69, 9.17) is 14.7 Å². The topological polar surface area (TPSA) is 42.7 Å². The fraction of sp³-hybridized carbons (Fsp3) is 0.714. The smallest absolute Gasteiger partial charge is 0.190 e. The number of thiophene rings is 1. The van der Waals surface area contributed by atoms with Crippen molar-refractivity contribution < 1.29 is 9.64 Å². The molecule has 4 rings (SSSR count). The minimum Gasteiger partial charge on any atom is -0.369 e. The minimum atomic E-state index is -0.0705. The summed E-state index contributed by atoms with van der Waals surface area (Å²) in [5.74, 6) is 2.25. The average molecular weight is 422 g/mol. The van der Waals surface area contributed by atoms with Gasteiger partial charge in [-0.25, -0.2) is 9.97 Å². The number of aromatic nitrogens is 2. The van der Waals surface area contributed by atoms with E-state index in [-0.39, 0.29) is 5.60 Å². The van der Waals surface area contributed by atoms with Crippen molar-refractivity contribution in [1.29, 1.82) is 0 Å². The van der Waals surface area contributed by atoms with E-state index >= 15 is 0 Å². The van der Waals surface area contributed by atoms with Gasteiger partial charge in [-0.2, -0.15) is 0 Å². The molecule has 0 saturated carbocycles. The Balaban J connectivity index is 1.77. The minimum absolute atomic E-state index is 0.0705. The lowest BCUT2D eigenvalue weighted by Crippen LogP contribution is -3.14. The van der Waals surface area contributed by atoms with Gasteiger partial charge < -0.3 is 14.5 Å². The summed E-state index contributed by atoms with van der Waals surface area (Å²) in [6, 6.07) is 0. The molecule has 0 radical (unpaired) electrons. The predicted molar refractivity (Wildman–Crippen MR) is 119 cm³/mol. The molecule has 5 nitrogen and oxygen atoms in total. The second-order valence-electron chi connectivity index (χ2n) is 8.22. The highest BCUT2D eigenvalue weighted by molar-refractivity contribution is 7.99. The van der Waals surface area contributed by atoms with Crippen molar-refractivity contribution in [1.82, 2.24) is 9.97 Å². The number of nitrogens with zero attached hydrogens (tertiary/aromatic N) is 3. The van der Waals surface area contributed by atoms with Gasteiger partial charge in [-0.3, -0.25) is 0 Å². The van der Waals surface area contributed by atoms with E-state index in [1.807, 2.05) is 11.3 Å². The van der Waals surface area contributed by atoms with Crippen LogP contribution in [0.2, 0.25) is 0 Å². The molecule has 0 bridgehead atoms. The standard InChI is InChI=1S/C21H32N4OS2/c1-5-12-27-20-22-18(25-10-8-24(7-3)9-11-25)17-15-13-21(4,6-2)26-14-16(15)28-19(17)23-20/h5-14H2,1-4H3/p+1/t21-/m1/s1. The second-order valence-corrected chi connectivity index (χ2v) is 10.4. The molecule has 0 spiro atoms. The lowest BCUT2D eigenvalue weighted by atomic mass is 9.90. The zero-order valence-electron chi connectivity index (χ0n) is 17.6. The van der Waals surface area contributed by atoms with Crippen LogP contribution >= 0.6 is 23.1 Å². The highest BCUT2D eigenvalue weighted by Crippen LogP contribution is 2.43. The molecule has 7 heteroatoms. The van der Waals surface area contributed by atoms with Crippen molar-refractivity contribution in [2.24, 2.45) is 0 Å². The average Bonchev–Trinajstić information content (AvgIpc) is 3.09. The number of nitrogens with one attached hydrogen (secondary N) is 1. The number of ether oxygens (including phenoxy) is 1. The molecule has 2 aliphatic rings. The molecule has 0 aromatic carbocycles. The van der Waals surface area contributed by atoms with Gasteiger partial charge >= 0.3 is 0 Å². The van der Waals surface area contributed by atoms with Crippen LogP contribution in [0, 0.1) is 0 Å². The van der Waals surface area contributed by atoms with E-state index in [1.54, 1.807) is 16.7 Å². The van der Waals surface area contributed by atoms with E-state index in [1.165, 1.54) is 41.3 Å². The van der Waals surface area contributed by atoms with Crippen molar-refractivity contribution >= 4 is 39.1 Å². The van der Waals surface area contributed by atoms with Crippen LogP contribution in [0.1, 0.15) is 51.0 Å². The molecule has 2 aliphatic heterocycles. The summed E-state index contributed by atoms with van der Waals surface area (Å²) in [6.07, 6.45) is 3.14. The van der Waals surface area contributed by atoms with E-state index in [0.717, 1.165) is 48.1 Å². The Morgan fingerprint density at radius 1 is 1.21 bits per heavy atom. The van der Waals surface area contributed by atoms with Crippen molar-refractivity contribution in [3.63, 3.8) is 0 Å². The summed E-state index contributed by atoms with van der Waals surface area (Å²) in [4.78, 5) is 16.8. The summed E-state index contributed by atoms with van der Waals surface area (Å²) >= 11 is 3.61. The fourth-order valence-corrected chi connectivity index (χ4v) is 5.98. The highest BCUT2D eigenvalue weighted by atomic mass is 32.2. The van der Waals surface area contributed by atoms with Crippen LogP contribution in [0.5, 0.6) is 0 Å². The monoisotopic (exact) mass is 421 g/mol. The molecule has 1 N–H and O–H groups in total. The van der Waals surface area contributed by atoms with Gasteiger partial charge in [0.1, 0.15) is 10.6 Å². The molecule has 28 heavy (non-hydrogen) atoms. The summed E-state index contributed by atoms with van der Waals surface area (Å²) in [5, 5.41) is 2.25. The van der Waals surface area contributed by atoms with Crippen LogP contribution in [0.25, 0.3) is 10.2 Å². The van der Waals surface area contributed by atoms with Gasteiger partial charge in [-0.15, -0.1) is 11.3 Å². The molecule has 2 aromatic heterocycles. The number of anilines is 1. The SMILES string of the molecule is CCCSc1nc(N2CC[NH+](CC)CC2)c2c3c(sc2n1)CO[C@](C)(CC)C3. The van der Waals surface area contributed by atoms with Crippen molar-refractivity contribution in [2.45, 2.75) is 64.3 Å². The number of rotatable bonds is 6. The molecule has 1 saturated heterocycles. The van der Waals surface area contributed by atoms with E-state index < -0.39 is 0 Å². The van der Waals surface area contributed by atoms with E-state index in [9.17, 15) is 0 Å². The first-order chi connectivity index (χ1) is 13.6. The Bertz CT molecular complexity index is 831. The van der Waals surface area contributed by atoms with Gasteiger partial charge in [0.2, 0.25) is 0 Å². The van der Waals surface area contributed by atoms with E-state index in [2.05, 4.69) is 32.6 Å². The van der Waals surface area contributed by atoms with Crippen LogP contribution in [0.15, 0.2) is 5.16 Å². The van der Waals surface area contributed by atoms with Gasteiger partial charge in [0.05, 0.1) is 50.3 Å². The van der Waals surface area contributed by atoms with Gasteiger partial charge in [-0.05, 0) is 32.3 Å². The molecular formula is C21H33N4OS2+. The number of likely N-dealkylation sites (N-methyl/N-ethyl adjacent to an activating group) is 1. The van der Waals surface area contributed by atoms with Crippen LogP contribution in [0.3, 0.4) is 0 Å². The normalized spacial score (nSPS) is 23.4. The molecule has 0 unspecified atom stereocenters. The largest absolute Gasteiger partial charge is 0.369 e. The maximum atomic E-state index is 6.22. The summed E-state index contributed by atoms with van der Waals surface area (Å²) in [6.45, 7) is 15.5. The lowest BCUT2D eigenvalue weighted by molar-refractivity contribution is -0.898. The van der Waals surface area contributed by atoms with Crippen molar-refractivity contribution in [3.8, 4) is 0 Å². The molecular weight excluding hydrogens is 388 g/mol. The molecule has 0 amide bonds. The first-order valence-electron chi connectivity index (χ1n) is 10.7. The third-order valence-electron chi connectivity index (χ3n) is 6.25. The lowest BCUT2D eigenvalue weighted by Gasteiger charge is -2.35. The number of hydrogen-bond acceptors (Lipinski definition) is 6. The first kappa shape index (κ1) is 20.4. The predicted octanol–water partition coefficient (Wildman–Crippen LogP) is 3.16. The Hall–Kier alpha value is -0.890. The van der Waals surface area contributed by atoms with Crippen LogP contribution < -0.4 is 9.80 Å². The molecule has 2 aromatic rings. The molecule has 0 aliphatic carbocycles. The molecule has 4 heterocycles. The molecule has 1 atom stereocenters. The first-order valence-corrected chi connectivity index (χ1v) is 12.5. The summed E-state index contributed by atoms with van der Waals surface area (Å²) < 4.78 is 6.22. The van der Waals surface area contributed by atoms with Crippen molar-refractivity contribution in [2.75, 3.05) is 43.4 Å². The van der Waals surface area contributed by atoms with Gasteiger partial charge in [-0.1, -0.05) is 25.6 Å². The Morgan fingerprint density at radius 2 is 2.00 bits per heavy atom. The van der Waals surface area contributed by atoms with Crippen LogP contribution in [-0.2, 0) is 17.8 Å². The molecule has 1 fully saturated rings. The molecule has 154 valence electrons. The number of fused-ring (bicyclic) bond motifs is 3. The number of hydrogen-bond donors (Lipinski definition) is 1. The number of thioether (sulfide) groups is 1. The second kappa shape index (κ2) is 8.46. The Morgan fingerprint density at radius 3 is 2.68 bits per heavy atom.